The Morgan fingerprint density at radius 1 is 1.26 bits per heavy atom. The zero-order valence-corrected chi connectivity index (χ0v) is 11.0. The third kappa shape index (κ3) is 3.29. The van der Waals surface area contributed by atoms with E-state index in [2.05, 4.69) is 10.3 Å². The highest BCUT2D eigenvalue weighted by Crippen LogP contribution is 2.16. The number of nitrogens with zero attached hydrogens (tertiary/aromatic N) is 1. The highest BCUT2D eigenvalue weighted by Gasteiger charge is 2.15. The number of nitrogens with one attached hydrogen (secondary N) is 1. The molecule has 1 unspecified atom stereocenters. The van der Waals surface area contributed by atoms with Crippen molar-refractivity contribution in [2.75, 3.05) is 0 Å². The van der Waals surface area contributed by atoms with Gasteiger partial charge in [-0.2, -0.15) is 0 Å². The van der Waals surface area contributed by atoms with Crippen LogP contribution in [-0.4, -0.2) is 10.9 Å². The van der Waals surface area contributed by atoms with Crippen LogP contribution in [0.5, 0.6) is 0 Å². The van der Waals surface area contributed by atoms with E-state index in [-0.39, 0.29) is 16.7 Å². The molecule has 0 spiro atoms. The summed E-state index contributed by atoms with van der Waals surface area (Å²) in [5.41, 5.74) is 0.633. The molecule has 1 heterocycles. The number of hydrogen-bond acceptors (Lipinski definition) is 2. The molecule has 2 aromatic rings. The topological polar surface area (TPSA) is 42.0 Å². The molecule has 1 atom stereocenters. The van der Waals surface area contributed by atoms with Crippen LogP contribution in [0.15, 0.2) is 42.5 Å². The SMILES string of the molecule is CC(NC(=O)c1cccc(Cl)n1)c1ccccc1F. The molecule has 0 aliphatic carbocycles. The molecule has 0 bridgehead atoms. The highest BCUT2D eigenvalue weighted by atomic mass is 35.5. The second-order valence-electron chi connectivity index (χ2n) is 4.06. The summed E-state index contributed by atoms with van der Waals surface area (Å²) in [6.45, 7) is 1.71. The van der Waals surface area contributed by atoms with Gasteiger partial charge in [0.2, 0.25) is 0 Å². The summed E-state index contributed by atoms with van der Waals surface area (Å²) in [6, 6.07) is 10.6. The molecule has 19 heavy (non-hydrogen) atoms. The molecule has 1 aromatic carbocycles. The van der Waals surface area contributed by atoms with Crippen LogP contribution in [0.25, 0.3) is 0 Å². The van der Waals surface area contributed by atoms with Gasteiger partial charge in [-0.05, 0) is 25.1 Å². The fourth-order valence-electron chi connectivity index (χ4n) is 1.71. The lowest BCUT2D eigenvalue weighted by Gasteiger charge is -2.14. The monoisotopic (exact) mass is 278 g/mol. The van der Waals surface area contributed by atoms with Gasteiger partial charge in [-0.15, -0.1) is 0 Å². The van der Waals surface area contributed by atoms with Gasteiger partial charge in [-0.1, -0.05) is 35.9 Å². The summed E-state index contributed by atoms with van der Waals surface area (Å²) in [7, 11) is 0. The van der Waals surface area contributed by atoms with E-state index in [1.165, 1.54) is 6.07 Å². The Balaban J connectivity index is 2.13. The van der Waals surface area contributed by atoms with Crippen LogP contribution in [0.3, 0.4) is 0 Å². The van der Waals surface area contributed by atoms with Crippen molar-refractivity contribution in [1.82, 2.24) is 10.3 Å². The normalized spacial score (nSPS) is 11.9. The summed E-state index contributed by atoms with van der Waals surface area (Å²) >= 11 is 5.72. The molecule has 98 valence electrons. The molecule has 2 rings (SSSR count). The van der Waals surface area contributed by atoms with Gasteiger partial charge in [0, 0.05) is 5.56 Å². The van der Waals surface area contributed by atoms with Crippen molar-refractivity contribution in [3.05, 3.63) is 64.7 Å². The minimum absolute atomic E-state index is 0.204. The maximum atomic E-state index is 13.6. The van der Waals surface area contributed by atoms with Crippen LogP contribution in [0.1, 0.15) is 29.0 Å². The summed E-state index contributed by atoms with van der Waals surface area (Å²) in [4.78, 5) is 15.8. The highest BCUT2D eigenvalue weighted by molar-refractivity contribution is 6.29. The molecule has 0 saturated carbocycles. The van der Waals surface area contributed by atoms with Crippen molar-refractivity contribution < 1.29 is 9.18 Å². The summed E-state index contributed by atoms with van der Waals surface area (Å²) < 4.78 is 13.6. The predicted octanol–water partition coefficient (Wildman–Crippen LogP) is 3.37. The largest absolute Gasteiger partial charge is 0.344 e. The molecule has 1 aromatic heterocycles. The Kier molecular flexibility index (Phi) is 4.12. The number of amides is 1. The Bertz CT molecular complexity index is 604. The molecule has 0 radical (unpaired) electrons. The van der Waals surface area contributed by atoms with Crippen molar-refractivity contribution in [1.29, 1.82) is 0 Å². The van der Waals surface area contributed by atoms with Crippen LogP contribution in [-0.2, 0) is 0 Å². The van der Waals surface area contributed by atoms with Gasteiger partial charge < -0.3 is 5.32 Å². The summed E-state index contributed by atoms with van der Waals surface area (Å²) in [6.07, 6.45) is 0. The third-order valence-electron chi connectivity index (χ3n) is 2.67. The Labute approximate surface area is 115 Å². The fourth-order valence-corrected chi connectivity index (χ4v) is 1.87. The van der Waals surface area contributed by atoms with E-state index in [4.69, 9.17) is 11.6 Å². The molecule has 3 nitrogen and oxygen atoms in total. The summed E-state index contributed by atoms with van der Waals surface area (Å²) in [5.74, 6) is -0.743. The number of benzene rings is 1. The molecule has 1 N–H and O–H groups in total. The van der Waals surface area contributed by atoms with E-state index in [0.717, 1.165) is 0 Å². The standard InChI is InChI=1S/C14H12ClFN2O/c1-9(10-5-2-3-6-11(10)16)17-14(19)12-7-4-8-13(15)18-12/h2-9H,1H3,(H,17,19). The molecule has 0 aliphatic heterocycles. The number of aromatic nitrogens is 1. The van der Waals surface area contributed by atoms with Crippen LogP contribution in [0, 0.1) is 5.82 Å². The van der Waals surface area contributed by atoms with E-state index >= 15 is 0 Å². The molecular formula is C14H12ClFN2O. The molecule has 0 fully saturated rings. The molecule has 5 heteroatoms. The van der Waals surface area contributed by atoms with Crippen molar-refractivity contribution in [2.24, 2.45) is 0 Å². The van der Waals surface area contributed by atoms with E-state index < -0.39 is 11.9 Å². The number of carbonyl (C=O) groups is 1. The average molecular weight is 279 g/mol. The zero-order chi connectivity index (χ0) is 13.8. The lowest BCUT2D eigenvalue weighted by atomic mass is 10.1. The summed E-state index contributed by atoms with van der Waals surface area (Å²) in [5, 5.41) is 2.92. The van der Waals surface area contributed by atoms with Crippen LogP contribution < -0.4 is 5.32 Å². The van der Waals surface area contributed by atoms with Crippen LogP contribution >= 0.6 is 11.6 Å². The maximum absolute atomic E-state index is 13.6. The molecule has 0 aliphatic rings. The second kappa shape index (κ2) is 5.80. The van der Waals surface area contributed by atoms with Crippen molar-refractivity contribution >= 4 is 17.5 Å². The Morgan fingerprint density at radius 3 is 2.68 bits per heavy atom. The quantitative estimate of drug-likeness (QED) is 0.875. The van der Waals surface area contributed by atoms with Crippen molar-refractivity contribution in [3.63, 3.8) is 0 Å². The van der Waals surface area contributed by atoms with Gasteiger partial charge >= 0.3 is 0 Å². The third-order valence-corrected chi connectivity index (χ3v) is 2.88. The van der Waals surface area contributed by atoms with Gasteiger partial charge in [0.1, 0.15) is 16.7 Å². The first-order valence-electron chi connectivity index (χ1n) is 5.76. The zero-order valence-electron chi connectivity index (χ0n) is 10.2. The van der Waals surface area contributed by atoms with Crippen LogP contribution in [0.4, 0.5) is 4.39 Å². The van der Waals surface area contributed by atoms with E-state index in [0.29, 0.717) is 5.56 Å². The fraction of sp³-hybridized carbons (Fsp3) is 0.143. The Morgan fingerprint density at radius 2 is 2.00 bits per heavy atom. The predicted molar refractivity (Wildman–Crippen MR) is 71.5 cm³/mol. The van der Waals surface area contributed by atoms with Gasteiger partial charge in [0.25, 0.3) is 5.91 Å². The minimum Gasteiger partial charge on any atom is -0.344 e. The lowest BCUT2D eigenvalue weighted by molar-refractivity contribution is 0.0934. The molecular weight excluding hydrogens is 267 g/mol. The average Bonchev–Trinajstić information content (AvgIpc) is 2.39. The van der Waals surface area contributed by atoms with Gasteiger partial charge in [0.15, 0.2) is 0 Å². The van der Waals surface area contributed by atoms with Gasteiger partial charge in [-0.25, -0.2) is 9.37 Å². The Hall–Kier alpha value is -1.94. The first-order chi connectivity index (χ1) is 9.08. The van der Waals surface area contributed by atoms with Crippen molar-refractivity contribution in [2.45, 2.75) is 13.0 Å². The van der Waals surface area contributed by atoms with E-state index in [1.807, 2.05) is 0 Å². The minimum atomic E-state index is -0.450. The number of hydrogen-bond donors (Lipinski definition) is 1. The van der Waals surface area contributed by atoms with Crippen molar-refractivity contribution in [3.8, 4) is 0 Å². The number of carbonyl (C=O) groups excluding carboxylic acids is 1. The molecule has 1 amide bonds. The van der Waals surface area contributed by atoms with Gasteiger partial charge in [0.05, 0.1) is 6.04 Å². The first kappa shape index (κ1) is 13.5. The van der Waals surface area contributed by atoms with E-state index in [1.54, 1.807) is 43.3 Å². The van der Waals surface area contributed by atoms with Crippen LogP contribution in [0.2, 0.25) is 5.15 Å². The number of rotatable bonds is 3. The van der Waals surface area contributed by atoms with Gasteiger partial charge in [-0.3, -0.25) is 4.79 Å². The smallest absolute Gasteiger partial charge is 0.270 e. The maximum Gasteiger partial charge on any atom is 0.270 e. The lowest BCUT2D eigenvalue weighted by Crippen LogP contribution is -2.28. The molecule has 0 saturated heterocycles. The second-order valence-corrected chi connectivity index (χ2v) is 4.45. The van der Waals surface area contributed by atoms with E-state index in [9.17, 15) is 9.18 Å². The number of pyridine rings is 1. The number of halogens is 2. The first-order valence-corrected chi connectivity index (χ1v) is 6.13.